The molecule has 1 aromatic carbocycles. The lowest BCUT2D eigenvalue weighted by molar-refractivity contribution is -0.133. The van der Waals surface area contributed by atoms with Crippen molar-refractivity contribution in [3.8, 4) is 0 Å². The molecule has 2 unspecified atom stereocenters. The number of likely N-dealkylation sites (tertiary alicyclic amines) is 1. The van der Waals surface area contributed by atoms with Gasteiger partial charge in [0.15, 0.2) is 5.78 Å². The topological polar surface area (TPSA) is 37.4 Å². The Kier molecular flexibility index (Phi) is 3.94. The first-order chi connectivity index (χ1) is 10.0. The standard InChI is InChI=1S/C18H23NO2/c1-12-7-13(2)9-15(8-12)14-5-6-19(11-14)17-4-3-16(20)10-18(17)21/h7-9,14,17H,3-6,10-11H2,1-2H3. The monoisotopic (exact) mass is 285 g/mol. The summed E-state index contributed by atoms with van der Waals surface area (Å²) in [4.78, 5) is 25.7. The Morgan fingerprint density at radius 2 is 1.76 bits per heavy atom. The SMILES string of the molecule is Cc1cc(C)cc(C2CCN(C3CCC(=O)CC3=O)C2)c1. The van der Waals surface area contributed by atoms with Gasteiger partial charge in [-0.25, -0.2) is 0 Å². The van der Waals surface area contributed by atoms with Crippen LogP contribution in [0, 0.1) is 13.8 Å². The number of carbonyl (C=O) groups is 2. The highest BCUT2D eigenvalue weighted by atomic mass is 16.2. The predicted molar refractivity (Wildman–Crippen MR) is 82.5 cm³/mol. The van der Waals surface area contributed by atoms with E-state index in [1.165, 1.54) is 16.7 Å². The summed E-state index contributed by atoms with van der Waals surface area (Å²) in [5.74, 6) is 0.766. The molecule has 1 saturated heterocycles. The van der Waals surface area contributed by atoms with Crippen molar-refractivity contribution < 1.29 is 9.59 Å². The van der Waals surface area contributed by atoms with E-state index in [0.29, 0.717) is 12.3 Å². The molecule has 2 aliphatic rings. The van der Waals surface area contributed by atoms with E-state index in [1.54, 1.807) is 0 Å². The van der Waals surface area contributed by atoms with Crippen molar-refractivity contribution in [2.75, 3.05) is 13.1 Å². The number of aryl methyl sites for hydroxylation is 2. The van der Waals surface area contributed by atoms with Crippen LogP contribution in [0.1, 0.15) is 48.3 Å². The molecule has 0 bridgehead atoms. The number of Topliss-reactive ketones (excluding diaryl/α,β-unsaturated/α-hetero) is 2. The molecule has 0 spiro atoms. The lowest BCUT2D eigenvalue weighted by Crippen LogP contribution is -2.43. The Morgan fingerprint density at radius 3 is 2.43 bits per heavy atom. The Morgan fingerprint density at radius 1 is 1.05 bits per heavy atom. The average Bonchev–Trinajstić information content (AvgIpc) is 2.87. The molecule has 2 fully saturated rings. The molecule has 0 radical (unpaired) electrons. The van der Waals surface area contributed by atoms with Gasteiger partial charge in [-0.3, -0.25) is 14.5 Å². The van der Waals surface area contributed by atoms with Crippen molar-refractivity contribution in [1.29, 1.82) is 0 Å². The fourth-order valence-corrected chi connectivity index (χ4v) is 3.83. The second-order valence-corrected chi connectivity index (χ2v) is 6.64. The van der Waals surface area contributed by atoms with Crippen LogP contribution >= 0.6 is 0 Å². The molecule has 1 aromatic rings. The van der Waals surface area contributed by atoms with E-state index in [1.807, 2.05) is 0 Å². The maximum absolute atomic E-state index is 12.1. The summed E-state index contributed by atoms with van der Waals surface area (Å²) in [6.45, 7) is 6.20. The van der Waals surface area contributed by atoms with E-state index in [9.17, 15) is 9.59 Å². The highest BCUT2D eigenvalue weighted by molar-refractivity contribution is 6.03. The summed E-state index contributed by atoms with van der Waals surface area (Å²) >= 11 is 0. The molecule has 0 N–H and O–H groups in total. The van der Waals surface area contributed by atoms with Crippen molar-refractivity contribution in [3.63, 3.8) is 0 Å². The molecule has 1 aliphatic carbocycles. The fraction of sp³-hybridized carbons (Fsp3) is 0.556. The highest BCUT2D eigenvalue weighted by Crippen LogP contribution is 2.31. The number of hydrogen-bond donors (Lipinski definition) is 0. The van der Waals surface area contributed by atoms with E-state index < -0.39 is 0 Å². The molecule has 0 aromatic heterocycles. The van der Waals surface area contributed by atoms with Crippen molar-refractivity contribution in [2.45, 2.75) is 51.5 Å². The third kappa shape index (κ3) is 3.08. The number of hydrogen-bond acceptors (Lipinski definition) is 3. The highest BCUT2D eigenvalue weighted by Gasteiger charge is 2.36. The van der Waals surface area contributed by atoms with Crippen LogP contribution in [0.2, 0.25) is 0 Å². The molecular formula is C18H23NO2. The molecule has 2 atom stereocenters. The van der Waals surface area contributed by atoms with Gasteiger partial charge in [-0.1, -0.05) is 29.3 Å². The van der Waals surface area contributed by atoms with Crippen LogP contribution in [0.25, 0.3) is 0 Å². The quantitative estimate of drug-likeness (QED) is 0.784. The van der Waals surface area contributed by atoms with E-state index in [2.05, 4.69) is 36.9 Å². The number of ketones is 2. The third-order valence-corrected chi connectivity index (χ3v) is 4.82. The van der Waals surface area contributed by atoms with Gasteiger partial charge >= 0.3 is 0 Å². The van der Waals surface area contributed by atoms with Crippen molar-refractivity contribution >= 4 is 11.6 Å². The number of rotatable bonds is 2. The van der Waals surface area contributed by atoms with E-state index in [-0.39, 0.29) is 24.0 Å². The summed E-state index contributed by atoms with van der Waals surface area (Å²) in [7, 11) is 0. The third-order valence-electron chi connectivity index (χ3n) is 4.82. The molecule has 3 heteroatoms. The summed E-state index contributed by atoms with van der Waals surface area (Å²) in [5, 5.41) is 0. The van der Waals surface area contributed by atoms with Gasteiger partial charge in [0.2, 0.25) is 0 Å². The molecule has 3 rings (SSSR count). The predicted octanol–water partition coefficient (Wildman–Crippen LogP) is 2.78. The molecule has 21 heavy (non-hydrogen) atoms. The van der Waals surface area contributed by atoms with Crippen molar-refractivity contribution in [2.24, 2.45) is 0 Å². The molecule has 112 valence electrons. The fourth-order valence-electron chi connectivity index (χ4n) is 3.83. The first kappa shape index (κ1) is 14.5. The second-order valence-electron chi connectivity index (χ2n) is 6.64. The number of carbonyl (C=O) groups excluding carboxylic acids is 2. The summed E-state index contributed by atoms with van der Waals surface area (Å²) < 4.78 is 0. The first-order valence-electron chi connectivity index (χ1n) is 7.89. The zero-order valence-corrected chi connectivity index (χ0v) is 12.9. The zero-order valence-electron chi connectivity index (χ0n) is 12.9. The molecule has 3 nitrogen and oxygen atoms in total. The maximum atomic E-state index is 12.1. The van der Waals surface area contributed by atoms with Gasteiger partial charge in [0.1, 0.15) is 5.78 Å². The van der Waals surface area contributed by atoms with Gasteiger partial charge in [-0.2, -0.15) is 0 Å². The van der Waals surface area contributed by atoms with Gasteiger partial charge in [-0.15, -0.1) is 0 Å². The molecular weight excluding hydrogens is 262 g/mol. The van der Waals surface area contributed by atoms with Crippen LogP contribution in [0.5, 0.6) is 0 Å². The minimum atomic E-state index is -0.0152. The van der Waals surface area contributed by atoms with Crippen LogP contribution < -0.4 is 0 Å². The Bertz CT molecular complexity index is 558. The Labute approximate surface area is 126 Å². The normalized spacial score (nSPS) is 27.3. The molecule has 1 heterocycles. The Hall–Kier alpha value is -1.48. The van der Waals surface area contributed by atoms with Crippen LogP contribution in [0.3, 0.4) is 0 Å². The minimum Gasteiger partial charge on any atom is -0.299 e. The Balaban J connectivity index is 1.70. The van der Waals surface area contributed by atoms with Gasteiger partial charge in [-0.05, 0) is 44.7 Å². The van der Waals surface area contributed by atoms with Crippen LogP contribution in [-0.4, -0.2) is 35.6 Å². The number of nitrogens with zero attached hydrogens (tertiary/aromatic N) is 1. The average molecular weight is 285 g/mol. The van der Waals surface area contributed by atoms with Crippen molar-refractivity contribution in [3.05, 3.63) is 34.9 Å². The van der Waals surface area contributed by atoms with Gasteiger partial charge in [0.25, 0.3) is 0 Å². The summed E-state index contributed by atoms with van der Waals surface area (Å²) in [5.41, 5.74) is 4.01. The van der Waals surface area contributed by atoms with Gasteiger partial charge in [0.05, 0.1) is 12.5 Å². The largest absolute Gasteiger partial charge is 0.299 e. The van der Waals surface area contributed by atoms with E-state index in [4.69, 9.17) is 0 Å². The van der Waals surface area contributed by atoms with Crippen LogP contribution in [0.4, 0.5) is 0 Å². The lowest BCUT2D eigenvalue weighted by atomic mass is 9.91. The first-order valence-corrected chi connectivity index (χ1v) is 7.89. The number of benzene rings is 1. The molecule has 1 aliphatic heterocycles. The van der Waals surface area contributed by atoms with Gasteiger partial charge in [0, 0.05) is 13.0 Å². The summed E-state index contributed by atoms with van der Waals surface area (Å²) in [6.07, 6.45) is 2.55. The van der Waals surface area contributed by atoms with Crippen LogP contribution in [-0.2, 0) is 9.59 Å². The molecule has 0 amide bonds. The molecule has 1 saturated carbocycles. The maximum Gasteiger partial charge on any atom is 0.157 e. The smallest absolute Gasteiger partial charge is 0.157 e. The van der Waals surface area contributed by atoms with E-state index in [0.717, 1.165) is 25.9 Å². The summed E-state index contributed by atoms with van der Waals surface area (Å²) in [6, 6.07) is 6.73. The van der Waals surface area contributed by atoms with Gasteiger partial charge < -0.3 is 0 Å². The lowest BCUT2D eigenvalue weighted by Gasteiger charge is -2.29. The second kappa shape index (κ2) is 5.72. The van der Waals surface area contributed by atoms with Crippen molar-refractivity contribution in [1.82, 2.24) is 4.90 Å². The van der Waals surface area contributed by atoms with Crippen LogP contribution in [0.15, 0.2) is 18.2 Å². The van der Waals surface area contributed by atoms with E-state index >= 15 is 0 Å². The zero-order chi connectivity index (χ0) is 15.0. The minimum absolute atomic E-state index is 0.0152.